The number of amides is 1. The minimum atomic E-state index is -0.726. The van der Waals surface area contributed by atoms with E-state index in [2.05, 4.69) is 11.4 Å². The fourth-order valence-corrected chi connectivity index (χ4v) is 2.44. The van der Waals surface area contributed by atoms with E-state index >= 15 is 0 Å². The Bertz CT molecular complexity index is 470. The van der Waals surface area contributed by atoms with Gasteiger partial charge in [0.1, 0.15) is 5.54 Å². The van der Waals surface area contributed by atoms with Gasteiger partial charge in [-0.3, -0.25) is 4.79 Å². The number of hydrogen-bond donors (Lipinski definition) is 2. The molecule has 1 aromatic carbocycles. The summed E-state index contributed by atoms with van der Waals surface area (Å²) in [6.07, 6.45) is 2.61. The summed E-state index contributed by atoms with van der Waals surface area (Å²) in [5.41, 5.74) is 6.26. The maximum atomic E-state index is 12.0. The van der Waals surface area contributed by atoms with E-state index in [1.54, 1.807) is 0 Å². The minimum Gasteiger partial charge on any atom is -0.352 e. The molecule has 0 saturated heterocycles. The van der Waals surface area contributed by atoms with Gasteiger partial charge in [0.2, 0.25) is 5.91 Å². The molecule has 1 amide bonds. The van der Waals surface area contributed by atoms with Crippen LogP contribution in [-0.4, -0.2) is 11.4 Å². The van der Waals surface area contributed by atoms with Gasteiger partial charge in [0, 0.05) is 12.5 Å². The van der Waals surface area contributed by atoms with Gasteiger partial charge in [-0.15, -0.1) is 0 Å². The quantitative estimate of drug-likeness (QED) is 0.865. The van der Waals surface area contributed by atoms with E-state index in [9.17, 15) is 4.79 Å². The van der Waals surface area contributed by atoms with E-state index in [0.29, 0.717) is 32.2 Å². The largest absolute Gasteiger partial charge is 0.352 e. The Hall–Kier alpha value is -1.86. The van der Waals surface area contributed by atoms with Crippen LogP contribution in [0.5, 0.6) is 0 Å². The van der Waals surface area contributed by atoms with Gasteiger partial charge in [0.25, 0.3) is 0 Å². The van der Waals surface area contributed by atoms with Gasteiger partial charge in [-0.25, -0.2) is 0 Å². The van der Waals surface area contributed by atoms with E-state index in [0.717, 1.165) is 5.56 Å². The van der Waals surface area contributed by atoms with Crippen molar-refractivity contribution in [3.8, 4) is 6.07 Å². The molecule has 1 aliphatic carbocycles. The first kappa shape index (κ1) is 13.6. The number of carbonyl (C=O) groups is 1. The number of rotatable bonds is 3. The fraction of sp³-hybridized carbons (Fsp3) is 0.467. The number of nitriles is 1. The smallest absolute Gasteiger partial charge is 0.223 e. The highest BCUT2D eigenvalue weighted by molar-refractivity contribution is 5.78. The summed E-state index contributed by atoms with van der Waals surface area (Å²) in [6, 6.07) is 12.0. The van der Waals surface area contributed by atoms with E-state index in [4.69, 9.17) is 11.0 Å². The van der Waals surface area contributed by atoms with Crippen molar-refractivity contribution in [1.29, 1.82) is 5.26 Å². The Morgan fingerprint density at radius 1 is 1.37 bits per heavy atom. The zero-order chi connectivity index (χ0) is 13.7. The molecular formula is C15H19N3O. The lowest BCUT2D eigenvalue weighted by molar-refractivity contribution is -0.126. The maximum Gasteiger partial charge on any atom is 0.223 e. The molecule has 0 unspecified atom stereocenters. The monoisotopic (exact) mass is 257 g/mol. The SMILES string of the molecule is N#CC1(N)CCC(C(=O)NCc2ccccc2)CC1. The second-order valence-corrected chi connectivity index (χ2v) is 5.25. The second kappa shape index (κ2) is 5.85. The molecule has 0 atom stereocenters. The third-order valence-corrected chi connectivity index (χ3v) is 3.78. The number of nitrogens with one attached hydrogen (secondary N) is 1. The van der Waals surface area contributed by atoms with Crippen molar-refractivity contribution in [2.45, 2.75) is 37.8 Å². The highest BCUT2D eigenvalue weighted by Crippen LogP contribution is 2.30. The van der Waals surface area contributed by atoms with Crippen LogP contribution in [0.4, 0.5) is 0 Å². The van der Waals surface area contributed by atoms with Gasteiger partial charge in [-0.05, 0) is 31.2 Å². The first-order chi connectivity index (χ1) is 9.13. The standard InChI is InChI=1S/C15H19N3O/c16-11-15(17)8-6-13(7-9-15)14(19)18-10-12-4-2-1-3-5-12/h1-5,13H,6-10,17H2,(H,18,19). The molecule has 0 radical (unpaired) electrons. The Morgan fingerprint density at radius 3 is 2.58 bits per heavy atom. The lowest BCUT2D eigenvalue weighted by atomic mass is 9.77. The molecule has 1 saturated carbocycles. The number of benzene rings is 1. The zero-order valence-corrected chi connectivity index (χ0v) is 10.9. The van der Waals surface area contributed by atoms with Gasteiger partial charge in [0.15, 0.2) is 0 Å². The van der Waals surface area contributed by atoms with Crippen LogP contribution in [0.2, 0.25) is 0 Å². The lowest BCUT2D eigenvalue weighted by Crippen LogP contribution is -2.44. The number of hydrogen-bond acceptors (Lipinski definition) is 3. The predicted molar refractivity (Wildman–Crippen MR) is 72.8 cm³/mol. The molecule has 4 nitrogen and oxygen atoms in total. The zero-order valence-electron chi connectivity index (χ0n) is 10.9. The topological polar surface area (TPSA) is 78.9 Å². The number of carbonyl (C=O) groups excluding carboxylic acids is 1. The van der Waals surface area contributed by atoms with Crippen LogP contribution in [-0.2, 0) is 11.3 Å². The van der Waals surface area contributed by atoms with Gasteiger partial charge in [-0.2, -0.15) is 5.26 Å². The Labute approximate surface area is 113 Å². The van der Waals surface area contributed by atoms with Crippen molar-refractivity contribution < 1.29 is 4.79 Å². The number of nitrogens with two attached hydrogens (primary N) is 1. The van der Waals surface area contributed by atoms with Crippen LogP contribution in [0.25, 0.3) is 0 Å². The van der Waals surface area contributed by atoms with Crippen molar-refractivity contribution in [3.05, 3.63) is 35.9 Å². The van der Waals surface area contributed by atoms with E-state index in [1.165, 1.54) is 0 Å². The summed E-state index contributed by atoms with van der Waals surface area (Å²) in [6.45, 7) is 0.558. The summed E-state index contributed by atoms with van der Waals surface area (Å²) >= 11 is 0. The molecule has 2 rings (SSSR count). The summed E-state index contributed by atoms with van der Waals surface area (Å²) in [7, 11) is 0. The maximum absolute atomic E-state index is 12.0. The lowest BCUT2D eigenvalue weighted by Gasteiger charge is -2.30. The minimum absolute atomic E-state index is 0.00580. The highest BCUT2D eigenvalue weighted by atomic mass is 16.1. The molecule has 1 aliphatic rings. The summed E-state index contributed by atoms with van der Waals surface area (Å²) in [5.74, 6) is 0.0672. The molecule has 0 spiro atoms. The van der Waals surface area contributed by atoms with Crippen molar-refractivity contribution in [2.24, 2.45) is 11.7 Å². The molecule has 3 N–H and O–H groups in total. The first-order valence-corrected chi connectivity index (χ1v) is 6.65. The molecule has 19 heavy (non-hydrogen) atoms. The molecule has 1 fully saturated rings. The third-order valence-electron chi connectivity index (χ3n) is 3.78. The average molecular weight is 257 g/mol. The van der Waals surface area contributed by atoms with Gasteiger partial charge in [-0.1, -0.05) is 30.3 Å². The molecule has 0 heterocycles. The molecule has 0 aromatic heterocycles. The van der Waals surface area contributed by atoms with Crippen LogP contribution >= 0.6 is 0 Å². The number of nitrogens with zero attached hydrogens (tertiary/aromatic N) is 1. The summed E-state index contributed by atoms with van der Waals surface area (Å²) in [5, 5.41) is 11.9. The van der Waals surface area contributed by atoms with Crippen LogP contribution < -0.4 is 11.1 Å². The van der Waals surface area contributed by atoms with Gasteiger partial charge in [0.05, 0.1) is 6.07 Å². The normalized spacial score (nSPS) is 26.4. The van der Waals surface area contributed by atoms with Gasteiger partial charge >= 0.3 is 0 Å². The Balaban J connectivity index is 1.81. The highest BCUT2D eigenvalue weighted by Gasteiger charge is 2.34. The van der Waals surface area contributed by atoms with Crippen LogP contribution in [0.1, 0.15) is 31.2 Å². The molecule has 100 valence electrons. The van der Waals surface area contributed by atoms with Crippen molar-refractivity contribution in [2.75, 3.05) is 0 Å². The third kappa shape index (κ3) is 3.55. The van der Waals surface area contributed by atoms with Gasteiger partial charge < -0.3 is 11.1 Å². The fourth-order valence-electron chi connectivity index (χ4n) is 2.44. The molecule has 0 bridgehead atoms. The molecule has 4 heteroatoms. The molecule has 1 aromatic rings. The Morgan fingerprint density at radius 2 is 2.00 bits per heavy atom. The summed E-state index contributed by atoms with van der Waals surface area (Å²) in [4.78, 5) is 12.0. The van der Waals surface area contributed by atoms with Crippen molar-refractivity contribution >= 4 is 5.91 Å². The van der Waals surface area contributed by atoms with E-state index < -0.39 is 5.54 Å². The first-order valence-electron chi connectivity index (χ1n) is 6.65. The van der Waals surface area contributed by atoms with Crippen LogP contribution in [0, 0.1) is 17.2 Å². The van der Waals surface area contributed by atoms with E-state index in [1.807, 2.05) is 30.3 Å². The predicted octanol–water partition coefficient (Wildman–Crippen LogP) is 1.71. The van der Waals surface area contributed by atoms with E-state index in [-0.39, 0.29) is 11.8 Å². The van der Waals surface area contributed by atoms with Crippen LogP contribution in [0.15, 0.2) is 30.3 Å². The molecular weight excluding hydrogens is 238 g/mol. The Kier molecular flexibility index (Phi) is 4.18. The van der Waals surface area contributed by atoms with Crippen LogP contribution in [0.3, 0.4) is 0 Å². The average Bonchev–Trinajstić information content (AvgIpc) is 2.47. The van der Waals surface area contributed by atoms with Crippen molar-refractivity contribution in [1.82, 2.24) is 5.32 Å². The summed E-state index contributed by atoms with van der Waals surface area (Å²) < 4.78 is 0. The molecule has 0 aliphatic heterocycles. The van der Waals surface area contributed by atoms with Crippen molar-refractivity contribution in [3.63, 3.8) is 0 Å². The second-order valence-electron chi connectivity index (χ2n) is 5.25.